The first-order valence-corrected chi connectivity index (χ1v) is 5.12. The maximum absolute atomic E-state index is 11.6. The summed E-state index contributed by atoms with van der Waals surface area (Å²) in [6, 6.07) is -0.177. The first-order valence-electron chi connectivity index (χ1n) is 5.12. The number of rotatable bonds is 2. The summed E-state index contributed by atoms with van der Waals surface area (Å²) in [5.41, 5.74) is 0.840. The van der Waals surface area contributed by atoms with Crippen molar-refractivity contribution >= 4 is 5.91 Å². The molecule has 2 rings (SSSR count). The van der Waals surface area contributed by atoms with Crippen LogP contribution in [-0.2, 0) is 11.2 Å². The van der Waals surface area contributed by atoms with Crippen LogP contribution in [0.3, 0.4) is 0 Å². The maximum atomic E-state index is 11.6. The highest BCUT2D eigenvalue weighted by Gasteiger charge is 2.20. The molecule has 5 heteroatoms. The number of hydrogen-bond acceptors (Lipinski definition) is 4. The van der Waals surface area contributed by atoms with Gasteiger partial charge in [-0.2, -0.15) is 0 Å². The third-order valence-electron chi connectivity index (χ3n) is 2.39. The molecule has 1 amide bonds. The van der Waals surface area contributed by atoms with Gasteiger partial charge in [0.05, 0.1) is 11.7 Å². The highest BCUT2D eigenvalue weighted by molar-refractivity contribution is 5.82. The van der Waals surface area contributed by atoms with Crippen LogP contribution >= 0.6 is 0 Å². The molecule has 1 aliphatic rings. The number of aromatic nitrogens is 2. The van der Waals surface area contributed by atoms with Gasteiger partial charge in [0.15, 0.2) is 0 Å². The van der Waals surface area contributed by atoms with E-state index < -0.39 is 0 Å². The Labute approximate surface area is 88.3 Å². The normalized spacial score (nSPS) is 21.9. The van der Waals surface area contributed by atoms with E-state index in [1.807, 2.05) is 0 Å². The number of amides is 1. The van der Waals surface area contributed by atoms with Crippen LogP contribution < -0.4 is 10.6 Å². The minimum atomic E-state index is -0.177. The fraction of sp³-hybridized carbons (Fsp3) is 0.500. The Morgan fingerprint density at radius 2 is 2.33 bits per heavy atom. The van der Waals surface area contributed by atoms with E-state index in [0.717, 1.165) is 25.2 Å². The van der Waals surface area contributed by atoms with Gasteiger partial charge in [0, 0.05) is 31.6 Å². The summed E-state index contributed by atoms with van der Waals surface area (Å²) in [6.07, 6.45) is 6.54. The molecule has 1 saturated heterocycles. The number of carbonyl (C=O) groups excluding carboxylic acids is 1. The lowest BCUT2D eigenvalue weighted by Gasteiger charge is -2.13. The van der Waals surface area contributed by atoms with Gasteiger partial charge in [-0.3, -0.25) is 14.8 Å². The lowest BCUT2D eigenvalue weighted by molar-refractivity contribution is -0.122. The van der Waals surface area contributed by atoms with Crippen molar-refractivity contribution in [2.24, 2.45) is 0 Å². The zero-order valence-corrected chi connectivity index (χ0v) is 8.44. The van der Waals surface area contributed by atoms with Crippen molar-refractivity contribution in [2.75, 3.05) is 13.1 Å². The minimum absolute atomic E-state index is 0.0538. The minimum Gasteiger partial charge on any atom is -0.355 e. The molecule has 1 aliphatic heterocycles. The standard InChI is InChI=1S/C10H14N4O/c15-10-9(13-2-1-3-14-10)6-8-7-11-4-5-12-8/h4-5,7,9,13H,1-3,6H2,(H,14,15)/t9-/m1/s1. The van der Waals surface area contributed by atoms with Crippen molar-refractivity contribution in [1.29, 1.82) is 0 Å². The number of carbonyl (C=O) groups is 1. The molecule has 2 N–H and O–H groups in total. The van der Waals surface area contributed by atoms with Crippen LogP contribution in [0.1, 0.15) is 12.1 Å². The van der Waals surface area contributed by atoms with Crippen LogP contribution in [-0.4, -0.2) is 35.0 Å². The van der Waals surface area contributed by atoms with Gasteiger partial charge < -0.3 is 10.6 Å². The number of nitrogens with one attached hydrogen (secondary N) is 2. The molecule has 1 aromatic rings. The first kappa shape index (κ1) is 10.0. The number of nitrogens with zero attached hydrogens (tertiary/aromatic N) is 2. The average molecular weight is 206 g/mol. The van der Waals surface area contributed by atoms with Gasteiger partial charge in [0.1, 0.15) is 0 Å². The fourth-order valence-corrected chi connectivity index (χ4v) is 1.60. The van der Waals surface area contributed by atoms with Crippen LogP contribution in [0.25, 0.3) is 0 Å². The number of hydrogen-bond donors (Lipinski definition) is 2. The van der Waals surface area contributed by atoms with Gasteiger partial charge in [0.2, 0.25) is 5.91 Å². The van der Waals surface area contributed by atoms with E-state index in [0.29, 0.717) is 6.42 Å². The molecule has 1 aromatic heterocycles. The second-order valence-corrected chi connectivity index (χ2v) is 3.55. The third kappa shape index (κ3) is 2.73. The molecule has 0 aromatic carbocycles. The van der Waals surface area contributed by atoms with Crippen LogP contribution in [0, 0.1) is 0 Å². The second kappa shape index (κ2) is 4.84. The Balaban J connectivity index is 2.01. The molecule has 0 aliphatic carbocycles. The van der Waals surface area contributed by atoms with E-state index in [9.17, 15) is 4.79 Å². The van der Waals surface area contributed by atoms with E-state index >= 15 is 0 Å². The lowest BCUT2D eigenvalue weighted by atomic mass is 10.1. The van der Waals surface area contributed by atoms with Gasteiger partial charge in [-0.1, -0.05) is 0 Å². The molecule has 0 saturated carbocycles. The van der Waals surface area contributed by atoms with Gasteiger partial charge in [0.25, 0.3) is 0 Å². The van der Waals surface area contributed by atoms with E-state index in [1.165, 1.54) is 0 Å². The van der Waals surface area contributed by atoms with E-state index in [4.69, 9.17) is 0 Å². The van der Waals surface area contributed by atoms with Crippen LogP contribution in [0.5, 0.6) is 0 Å². The molecular weight excluding hydrogens is 192 g/mol. The molecule has 0 unspecified atom stereocenters. The van der Waals surface area contributed by atoms with Crippen molar-refractivity contribution in [3.05, 3.63) is 24.3 Å². The van der Waals surface area contributed by atoms with Gasteiger partial charge >= 0.3 is 0 Å². The molecule has 15 heavy (non-hydrogen) atoms. The molecule has 0 radical (unpaired) electrons. The van der Waals surface area contributed by atoms with Crippen molar-refractivity contribution in [1.82, 2.24) is 20.6 Å². The fourth-order valence-electron chi connectivity index (χ4n) is 1.60. The molecule has 5 nitrogen and oxygen atoms in total. The smallest absolute Gasteiger partial charge is 0.237 e. The largest absolute Gasteiger partial charge is 0.355 e. The summed E-state index contributed by atoms with van der Waals surface area (Å²) in [6.45, 7) is 1.62. The van der Waals surface area contributed by atoms with Gasteiger partial charge in [-0.05, 0) is 13.0 Å². The predicted octanol–water partition coefficient (Wildman–Crippen LogP) is -0.503. The second-order valence-electron chi connectivity index (χ2n) is 3.55. The molecule has 1 fully saturated rings. The van der Waals surface area contributed by atoms with E-state index in [1.54, 1.807) is 18.6 Å². The molecule has 0 bridgehead atoms. The Morgan fingerprint density at radius 1 is 1.40 bits per heavy atom. The summed E-state index contributed by atoms with van der Waals surface area (Å²) in [5, 5.41) is 6.07. The zero-order valence-electron chi connectivity index (χ0n) is 8.44. The van der Waals surface area contributed by atoms with Crippen molar-refractivity contribution < 1.29 is 4.79 Å². The van der Waals surface area contributed by atoms with Crippen molar-refractivity contribution in [3.8, 4) is 0 Å². The summed E-state index contributed by atoms with van der Waals surface area (Å²) < 4.78 is 0. The first-order chi connectivity index (χ1) is 7.36. The predicted molar refractivity (Wildman–Crippen MR) is 55.2 cm³/mol. The average Bonchev–Trinajstić information content (AvgIpc) is 2.46. The SMILES string of the molecule is O=C1NCCCN[C@@H]1Cc1cnccn1. The highest BCUT2D eigenvalue weighted by Crippen LogP contribution is 2.00. The summed E-state index contributed by atoms with van der Waals surface area (Å²) in [7, 11) is 0. The molecule has 1 atom stereocenters. The highest BCUT2D eigenvalue weighted by atomic mass is 16.2. The zero-order chi connectivity index (χ0) is 10.5. The van der Waals surface area contributed by atoms with E-state index in [-0.39, 0.29) is 11.9 Å². The molecular formula is C10H14N4O. The van der Waals surface area contributed by atoms with E-state index in [2.05, 4.69) is 20.6 Å². The Morgan fingerprint density at radius 3 is 3.13 bits per heavy atom. The summed E-state index contributed by atoms with van der Waals surface area (Å²) in [5.74, 6) is 0.0538. The summed E-state index contributed by atoms with van der Waals surface area (Å²) in [4.78, 5) is 19.7. The van der Waals surface area contributed by atoms with Crippen molar-refractivity contribution in [2.45, 2.75) is 18.9 Å². The topological polar surface area (TPSA) is 66.9 Å². The monoisotopic (exact) mass is 206 g/mol. The van der Waals surface area contributed by atoms with Crippen LogP contribution in [0.2, 0.25) is 0 Å². The molecule has 2 heterocycles. The third-order valence-corrected chi connectivity index (χ3v) is 2.39. The molecule has 0 spiro atoms. The maximum Gasteiger partial charge on any atom is 0.237 e. The lowest BCUT2D eigenvalue weighted by Crippen LogP contribution is -2.42. The Kier molecular flexibility index (Phi) is 3.24. The quantitative estimate of drug-likeness (QED) is 0.684. The van der Waals surface area contributed by atoms with Gasteiger partial charge in [-0.15, -0.1) is 0 Å². The van der Waals surface area contributed by atoms with Crippen LogP contribution in [0.4, 0.5) is 0 Å². The van der Waals surface area contributed by atoms with Gasteiger partial charge in [-0.25, -0.2) is 0 Å². The van der Waals surface area contributed by atoms with Crippen molar-refractivity contribution in [3.63, 3.8) is 0 Å². The Bertz CT molecular complexity index is 327. The van der Waals surface area contributed by atoms with Crippen LogP contribution in [0.15, 0.2) is 18.6 Å². The Hall–Kier alpha value is -1.49. The summed E-state index contributed by atoms with van der Waals surface area (Å²) >= 11 is 0. The molecule has 80 valence electrons.